The summed E-state index contributed by atoms with van der Waals surface area (Å²) >= 11 is 0.681. The minimum atomic E-state index is -2.63. The van der Waals surface area contributed by atoms with Crippen LogP contribution in [0.25, 0.3) is 0 Å². The third-order valence-corrected chi connectivity index (χ3v) is 2.04. The molecule has 0 aliphatic heterocycles. The van der Waals surface area contributed by atoms with Crippen LogP contribution in [0.3, 0.4) is 0 Å². The van der Waals surface area contributed by atoms with Crippen molar-refractivity contribution in [3.05, 3.63) is 5.01 Å². The fourth-order valence-electron chi connectivity index (χ4n) is 0.581. The van der Waals surface area contributed by atoms with Crippen molar-refractivity contribution in [3.63, 3.8) is 0 Å². The number of nitrogens with one attached hydrogen (secondary N) is 1. The molecular formula is C6H7F2N3OS. The van der Waals surface area contributed by atoms with Crippen LogP contribution < -0.4 is 5.32 Å². The SMILES string of the molecule is CCC(=O)Nc1nnc(C(F)F)s1. The number of anilines is 1. The van der Waals surface area contributed by atoms with Crippen molar-refractivity contribution in [2.45, 2.75) is 19.8 Å². The van der Waals surface area contributed by atoms with Gasteiger partial charge in [-0.25, -0.2) is 8.78 Å². The van der Waals surface area contributed by atoms with Crippen molar-refractivity contribution in [1.82, 2.24) is 10.2 Å². The van der Waals surface area contributed by atoms with Crippen LogP contribution in [0.15, 0.2) is 0 Å². The normalized spacial score (nSPS) is 10.5. The van der Waals surface area contributed by atoms with Gasteiger partial charge in [0, 0.05) is 6.42 Å². The van der Waals surface area contributed by atoms with E-state index in [1.165, 1.54) is 0 Å². The van der Waals surface area contributed by atoms with E-state index >= 15 is 0 Å². The largest absolute Gasteiger partial charge is 0.301 e. The number of amides is 1. The molecule has 0 saturated carbocycles. The molecule has 1 aromatic rings. The molecule has 0 unspecified atom stereocenters. The predicted molar refractivity (Wildman–Crippen MR) is 43.8 cm³/mol. The second-order valence-electron chi connectivity index (χ2n) is 2.15. The van der Waals surface area contributed by atoms with Crippen LogP contribution in [0, 0.1) is 0 Å². The second kappa shape index (κ2) is 4.22. The van der Waals surface area contributed by atoms with Crippen molar-refractivity contribution in [2.24, 2.45) is 0 Å². The number of carbonyl (C=O) groups is 1. The Kier molecular flexibility index (Phi) is 3.24. The monoisotopic (exact) mass is 207 g/mol. The molecule has 0 aliphatic carbocycles. The van der Waals surface area contributed by atoms with Gasteiger partial charge in [-0.05, 0) is 0 Å². The van der Waals surface area contributed by atoms with Gasteiger partial charge in [-0.3, -0.25) is 4.79 Å². The number of hydrogen-bond acceptors (Lipinski definition) is 4. The van der Waals surface area contributed by atoms with Gasteiger partial charge >= 0.3 is 0 Å². The van der Waals surface area contributed by atoms with E-state index in [1.807, 2.05) is 0 Å². The highest BCUT2D eigenvalue weighted by Crippen LogP contribution is 2.24. The summed E-state index contributed by atoms with van der Waals surface area (Å²) in [5.41, 5.74) is 0. The van der Waals surface area contributed by atoms with Gasteiger partial charge in [-0.2, -0.15) is 0 Å². The molecule has 0 saturated heterocycles. The number of alkyl halides is 2. The van der Waals surface area contributed by atoms with Gasteiger partial charge in [0.25, 0.3) is 6.43 Å². The third kappa shape index (κ3) is 2.69. The second-order valence-corrected chi connectivity index (χ2v) is 3.16. The van der Waals surface area contributed by atoms with Crippen molar-refractivity contribution < 1.29 is 13.6 Å². The van der Waals surface area contributed by atoms with Crippen molar-refractivity contribution in [1.29, 1.82) is 0 Å². The number of carbonyl (C=O) groups excluding carboxylic acids is 1. The lowest BCUT2D eigenvalue weighted by Gasteiger charge is -1.94. The lowest BCUT2D eigenvalue weighted by molar-refractivity contribution is -0.115. The molecule has 7 heteroatoms. The average Bonchev–Trinajstić information content (AvgIpc) is 2.52. The van der Waals surface area contributed by atoms with Crippen molar-refractivity contribution in [3.8, 4) is 0 Å². The molecule has 1 aromatic heterocycles. The standard InChI is InChI=1S/C6H7F2N3OS/c1-2-3(12)9-6-11-10-5(13-6)4(7)8/h4H,2H2,1H3,(H,9,11,12). The summed E-state index contributed by atoms with van der Waals surface area (Å²) < 4.78 is 24.0. The number of nitrogens with zero attached hydrogens (tertiary/aromatic N) is 2. The zero-order chi connectivity index (χ0) is 9.84. The lowest BCUT2D eigenvalue weighted by Crippen LogP contribution is -2.08. The summed E-state index contributed by atoms with van der Waals surface area (Å²) in [6.45, 7) is 1.66. The zero-order valence-corrected chi connectivity index (χ0v) is 7.57. The molecule has 0 fully saturated rings. The Morgan fingerprint density at radius 2 is 2.31 bits per heavy atom. The molecule has 4 nitrogen and oxygen atoms in total. The Bertz CT molecular complexity index is 302. The first-order chi connectivity index (χ1) is 6.13. The summed E-state index contributed by atoms with van der Waals surface area (Å²) in [7, 11) is 0. The highest BCUT2D eigenvalue weighted by Gasteiger charge is 2.14. The van der Waals surface area contributed by atoms with E-state index < -0.39 is 6.43 Å². The molecule has 72 valence electrons. The molecule has 1 rings (SSSR count). The molecule has 0 radical (unpaired) electrons. The number of halogens is 2. The summed E-state index contributed by atoms with van der Waals surface area (Å²) in [6.07, 6.45) is -2.35. The molecule has 0 aromatic carbocycles. The van der Waals surface area contributed by atoms with E-state index in [4.69, 9.17) is 0 Å². The van der Waals surface area contributed by atoms with Gasteiger partial charge in [-0.15, -0.1) is 10.2 Å². The van der Waals surface area contributed by atoms with Crippen molar-refractivity contribution in [2.75, 3.05) is 5.32 Å². The molecule has 0 spiro atoms. The quantitative estimate of drug-likeness (QED) is 0.822. The van der Waals surface area contributed by atoms with Crippen LogP contribution in [0.4, 0.5) is 13.9 Å². The highest BCUT2D eigenvalue weighted by atomic mass is 32.1. The Morgan fingerprint density at radius 1 is 1.62 bits per heavy atom. The fourth-order valence-corrected chi connectivity index (χ4v) is 1.20. The van der Waals surface area contributed by atoms with Crippen LogP contribution in [-0.4, -0.2) is 16.1 Å². The predicted octanol–water partition coefficient (Wildman–Crippen LogP) is 1.82. The average molecular weight is 207 g/mol. The summed E-state index contributed by atoms with van der Waals surface area (Å²) in [5, 5.41) is 8.66. The zero-order valence-electron chi connectivity index (χ0n) is 6.75. The molecule has 0 bridgehead atoms. The lowest BCUT2D eigenvalue weighted by atomic mass is 10.5. The van der Waals surface area contributed by atoms with Crippen LogP contribution in [0.5, 0.6) is 0 Å². The third-order valence-electron chi connectivity index (χ3n) is 1.19. The Morgan fingerprint density at radius 3 is 2.77 bits per heavy atom. The van der Waals surface area contributed by atoms with Gasteiger partial charge in [0.2, 0.25) is 11.0 Å². The topological polar surface area (TPSA) is 54.9 Å². The van der Waals surface area contributed by atoms with Crippen LogP contribution >= 0.6 is 11.3 Å². The fraction of sp³-hybridized carbons (Fsp3) is 0.500. The molecule has 13 heavy (non-hydrogen) atoms. The van der Waals surface area contributed by atoms with Gasteiger partial charge in [0.05, 0.1) is 0 Å². The molecule has 0 aliphatic rings. The molecule has 1 N–H and O–H groups in total. The van der Waals surface area contributed by atoms with Gasteiger partial charge in [0.1, 0.15) is 0 Å². The van der Waals surface area contributed by atoms with Gasteiger partial charge in [-0.1, -0.05) is 18.3 Å². The minimum absolute atomic E-state index is 0.113. The van der Waals surface area contributed by atoms with Gasteiger partial charge in [0.15, 0.2) is 5.01 Å². The summed E-state index contributed by atoms with van der Waals surface area (Å²) in [5.74, 6) is -0.267. The smallest absolute Gasteiger partial charge is 0.291 e. The Labute approximate surface area is 77.0 Å². The number of aromatic nitrogens is 2. The minimum Gasteiger partial charge on any atom is -0.301 e. The first-order valence-electron chi connectivity index (χ1n) is 3.55. The maximum Gasteiger partial charge on any atom is 0.291 e. The van der Waals surface area contributed by atoms with Crippen LogP contribution in [-0.2, 0) is 4.79 Å². The summed E-state index contributed by atoms with van der Waals surface area (Å²) in [4.78, 5) is 10.8. The van der Waals surface area contributed by atoms with Crippen molar-refractivity contribution >= 4 is 22.4 Å². The maximum atomic E-state index is 12.0. The summed E-state index contributed by atoms with van der Waals surface area (Å²) in [6, 6.07) is 0. The molecular weight excluding hydrogens is 200 g/mol. The van der Waals surface area contributed by atoms with E-state index in [2.05, 4.69) is 15.5 Å². The first-order valence-corrected chi connectivity index (χ1v) is 4.36. The van der Waals surface area contributed by atoms with Gasteiger partial charge < -0.3 is 5.32 Å². The van der Waals surface area contributed by atoms with E-state index in [-0.39, 0.29) is 22.5 Å². The van der Waals surface area contributed by atoms with E-state index in [0.717, 1.165) is 0 Å². The van der Waals surface area contributed by atoms with E-state index in [9.17, 15) is 13.6 Å². The highest BCUT2D eigenvalue weighted by molar-refractivity contribution is 7.15. The van der Waals surface area contributed by atoms with E-state index in [1.54, 1.807) is 6.92 Å². The Hall–Kier alpha value is -1.11. The number of hydrogen-bond donors (Lipinski definition) is 1. The Balaban J connectivity index is 2.64. The van der Waals surface area contributed by atoms with E-state index in [0.29, 0.717) is 11.3 Å². The molecule has 1 heterocycles. The maximum absolute atomic E-state index is 12.0. The molecule has 0 atom stereocenters. The van der Waals surface area contributed by atoms with Crippen LogP contribution in [0.1, 0.15) is 24.8 Å². The first kappa shape index (κ1) is 9.97. The number of rotatable bonds is 3. The van der Waals surface area contributed by atoms with Crippen LogP contribution in [0.2, 0.25) is 0 Å². The molecule has 1 amide bonds.